The van der Waals surface area contributed by atoms with E-state index in [0.29, 0.717) is 12.1 Å². The van der Waals surface area contributed by atoms with Crippen LogP contribution in [-0.2, 0) is 20.2 Å². The Balaban J connectivity index is 2.40. The molecule has 0 unspecified atom stereocenters. The van der Waals surface area contributed by atoms with Crippen LogP contribution in [0.2, 0.25) is 0 Å². The van der Waals surface area contributed by atoms with Crippen molar-refractivity contribution in [2.24, 2.45) is 0 Å². The topological polar surface area (TPSA) is 52.1 Å². The maximum Gasteiger partial charge on any atom is 0.392 e. The summed E-state index contributed by atoms with van der Waals surface area (Å²) in [5.74, 6) is -1.20. The van der Waals surface area contributed by atoms with Gasteiger partial charge in [0.05, 0.1) is 17.8 Å². The fraction of sp³-hybridized carbons (Fsp3) is 0.400. The Labute approximate surface area is 155 Å². The van der Waals surface area contributed by atoms with Crippen molar-refractivity contribution < 1.29 is 23.3 Å². The summed E-state index contributed by atoms with van der Waals surface area (Å²) in [6, 6.07) is 16.1. The molecule has 0 radical (unpaired) electrons. The van der Waals surface area contributed by atoms with Gasteiger partial charge in [0.1, 0.15) is 12.4 Å². The van der Waals surface area contributed by atoms with Gasteiger partial charge in [-0.2, -0.15) is 0 Å². The molecule has 2 rings (SSSR count). The molecule has 0 aliphatic rings. The third-order valence-corrected chi connectivity index (χ3v) is 6.30. The van der Waals surface area contributed by atoms with E-state index in [9.17, 15) is 8.96 Å². The molecule has 0 saturated heterocycles. The van der Waals surface area contributed by atoms with Crippen LogP contribution in [0.25, 0.3) is 0 Å². The van der Waals surface area contributed by atoms with E-state index in [2.05, 4.69) is 0 Å². The van der Waals surface area contributed by atoms with Gasteiger partial charge in [-0.3, -0.25) is 4.57 Å². The van der Waals surface area contributed by atoms with Crippen LogP contribution in [-0.4, -0.2) is 12.2 Å². The SMILES string of the molecule is CC(C)OP(=O)(OC(C)C)[C@H]([NH2+]Cc1ccccc1)c1ccccc1F. The summed E-state index contributed by atoms with van der Waals surface area (Å²) in [6.07, 6.45) is -0.613. The van der Waals surface area contributed by atoms with Crippen molar-refractivity contribution in [3.8, 4) is 0 Å². The maximum atomic E-state index is 14.5. The van der Waals surface area contributed by atoms with Crippen LogP contribution in [0.5, 0.6) is 0 Å². The van der Waals surface area contributed by atoms with Gasteiger partial charge in [0.25, 0.3) is 0 Å². The van der Waals surface area contributed by atoms with E-state index in [1.54, 1.807) is 45.9 Å². The van der Waals surface area contributed by atoms with E-state index < -0.39 is 19.2 Å². The highest BCUT2D eigenvalue weighted by molar-refractivity contribution is 7.54. The van der Waals surface area contributed by atoms with Crippen molar-refractivity contribution in [1.82, 2.24) is 0 Å². The third kappa shape index (κ3) is 5.75. The minimum Gasteiger partial charge on any atom is -0.326 e. The molecule has 2 N–H and O–H groups in total. The van der Waals surface area contributed by atoms with Crippen LogP contribution in [0.3, 0.4) is 0 Å². The molecular formula is C20H28FNO3P+. The standard InChI is InChI=1S/C20H27FNO3P/c1-15(2)24-26(23,25-16(3)4)20(18-12-8-9-13-19(18)21)22-14-17-10-6-5-7-11-17/h5-13,15-16,20,22H,14H2,1-4H3/p+1/t20-/m0/s1. The fourth-order valence-electron chi connectivity index (χ4n) is 2.75. The first kappa shape index (κ1) is 20.8. The van der Waals surface area contributed by atoms with Crippen LogP contribution in [0, 0.1) is 5.82 Å². The first-order valence-electron chi connectivity index (χ1n) is 8.90. The quantitative estimate of drug-likeness (QED) is 0.645. The molecule has 0 aliphatic heterocycles. The van der Waals surface area contributed by atoms with Crippen molar-refractivity contribution in [2.45, 2.75) is 52.2 Å². The molecule has 6 heteroatoms. The van der Waals surface area contributed by atoms with Crippen LogP contribution in [0.15, 0.2) is 54.6 Å². The summed E-state index contributed by atoms with van der Waals surface area (Å²) < 4.78 is 39.7. The highest BCUT2D eigenvalue weighted by Gasteiger charge is 2.43. The zero-order chi connectivity index (χ0) is 19.2. The second kappa shape index (κ2) is 9.43. The molecule has 2 aromatic carbocycles. The minimum atomic E-state index is -3.62. The lowest BCUT2D eigenvalue weighted by molar-refractivity contribution is -0.693. The lowest BCUT2D eigenvalue weighted by Gasteiger charge is -2.28. The fourth-order valence-corrected chi connectivity index (χ4v) is 5.15. The van der Waals surface area contributed by atoms with E-state index in [1.165, 1.54) is 6.07 Å². The van der Waals surface area contributed by atoms with Gasteiger partial charge < -0.3 is 14.4 Å². The molecule has 0 spiro atoms. The lowest BCUT2D eigenvalue weighted by Crippen LogP contribution is -2.83. The summed E-state index contributed by atoms with van der Waals surface area (Å²) in [5.41, 5.74) is 1.38. The summed E-state index contributed by atoms with van der Waals surface area (Å²) >= 11 is 0. The molecule has 0 heterocycles. The average Bonchev–Trinajstić information content (AvgIpc) is 2.56. The van der Waals surface area contributed by atoms with Gasteiger partial charge in [0.15, 0.2) is 0 Å². The van der Waals surface area contributed by atoms with Gasteiger partial charge in [-0.1, -0.05) is 42.5 Å². The maximum absolute atomic E-state index is 14.5. The molecule has 0 amide bonds. The first-order valence-corrected chi connectivity index (χ1v) is 10.5. The summed E-state index contributed by atoms with van der Waals surface area (Å²) in [4.78, 5) is 0. The Kier molecular flexibility index (Phi) is 7.54. The van der Waals surface area contributed by atoms with Crippen LogP contribution in [0.1, 0.15) is 44.6 Å². The monoisotopic (exact) mass is 380 g/mol. The normalized spacial score (nSPS) is 13.3. The van der Waals surface area contributed by atoms with Crippen LogP contribution < -0.4 is 5.32 Å². The van der Waals surface area contributed by atoms with E-state index >= 15 is 0 Å². The van der Waals surface area contributed by atoms with E-state index in [4.69, 9.17) is 9.05 Å². The summed E-state index contributed by atoms with van der Waals surface area (Å²) in [6.45, 7) is 7.72. The smallest absolute Gasteiger partial charge is 0.326 e. The van der Waals surface area contributed by atoms with E-state index in [1.807, 2.05) is 35.6 Å². The van der Waals surface area contributed by atoms with Gasteiger partial charge in [-0.25, -0.2) is 4.39 Å². The number of rotatable bonds is 9. The number of benzene rings is 2. The molecule has 142 valence electrons. The number of quaternary nitrogens is 1. The Hall–Kier alpha value is -1.52. The highest BCUT2D eigenvalue weighted by Crippen LogP contribution is 2.59. The molecule has 0 fully saturated rings. The van der Waals surface area contributed by atoms with Crippen LogP contribution >= 0.6 is 7.60 Å². The molecule has 0 bridgehead atoms. The predicted octanol–water partition coefficient (Wildman–Crippen LogP) is 4.63. The van der Waals surface area contributed by atoms with E-state index in [-0.39, 0.29) is 12.2 Å². The first-order chi connectivity index (χ1) is 12.3. The molecule has 26 heavy (non-hydrogen) atoms. The molecule has 0 saturated carbocycles. The largest absolute Gasteiger partial charge is 0.392 e. The van der Waals surface area contributed by atoms with Gasteiger partial charge in [0, 0.05) is 5.56 Å². The molecule has 1 atom stereocenters. The van der Waals surface area contributed by atoms with Gasteiger partial charge in [-0.05, 0) is 39.8 Å². The molecular weight excluding hydrogens is 352 g/mol. The number of hydrogen-bond acceptors (Lipinski definition) is 3. The molecule has 2 aromatic rings. The Morgan fingerprint density at radius 1 is 0.923 bits per heavy atom. The Morgan fingerprint density at radius 3 is 2.00 bits per heavy atom. The number of nitrogens with two attached hydrogens (primary N) is 1. The van der Waals surface area contributed by atoms with Gasteiger partial charge in [-0.15, -0.1) is 0 Å². The van der Waals surface area contributed by atoms with Crippen molar-refractivity contribution in [3.63, 3.8) is 0 Å². The van der Waals surface area contributed by atoms with Crippen LogP contribution in [0.4, 0.5) is 4.39 Å². The molecule has 0 aliphatic carbocycles. The van der Waals surface area contributed by atoms with Crippen molar-refractivity contribution in [3.05, 3.63) is 71.5 Å². The van der Waals surface area contributed by atoms with Crippen molar-refractivity contribution in [2.75, 3.05) is 0 Å². The van der Waals surface area contributed by atoms with Gasteiger partial charge >= 0.3 is 7.60 Å². The number of hydrogen-bond donors (Lipinski definition) is 1. The lowest BCUT2D eigenvalue weighted by atomic mass is 10.2. The number of halogens is 1. The summed E-state index contributed by atoms with van der Waals surface area (Å²) in [7, 11) is -3.62. The van der Waals surface area contributed by atoms with Gasteiger partial charge in [0.2, 0.25) is 5.78 Å². The zero-order valence-electron chi connectivity index (χ0n) is 15.8. The second-order valence-electron chi connectivity index (χ2n) is 6.74. The predicted molar refractivity (Wildman–Crippen MR) is 101 cm³/mol. The third-order valence-electron chi connectivity index (χ3n) is 3.70. The summed E-state index contributed by atoms with van der Waals surface area (Å²) in [5, 5.41) is 1.83. The molecule has 4 nitrogen and oxygen atoms in total. The molecule has 0 aromatic heterocycles. The van der Waals surface area contributed by atoms with Crippen molar-refractivity contribution in [1.29, 1.82) is 0 Å². The average molecular weight is 380 g/mol. The minimum absolute atomic E-state index is 0.306. The Morgan fingerprint density at radius 2 is 1.46 bits per heavy atom. The zero-order valence-corrected chi connectivity index (χ0v) is 16.7. The second-order valence-corrected chi connectivity index (χ2v) is 8.80. The van der Waals surface area contributed by atoms with Crippen molar-refractivity contribution >= 4 is 7.60 Å². The highest BCUT2D eigenvalue weighted by atomic mass is 31.2. The van der Waals surface area contributed by atoms with E-state index in [0.717, 1.165) is 5.56 Å². The Bertz CT molecular complexity index is 723.